The highest BCUT2D eigenvalue weighted by molar-refractivity contribution is 6.06. The van der Waals surface area contributed by atoms with E-state index < -0.39 is 12.1 Å². The third kappa shape index (κ3) is 4.18. The summed E-state index contributed by atoms with van der Waals surface area (Å²) in [4.78, 5) is 33.4. The Labute approximate surface area is 222 Å². The number of fused-ring (bicyclic) bond motifs is 2. The number of rotatable bonds is 8. The molecule has 196 valence electrons. The Balaban J connectivity index is 1.63. The molecule has 0 fully saturated rings. The monoisotopic (exact) mass is 511 g/mol. The van der Waals surface area contributed by atoms with Crippen LogP contribution in [-0.2, 0) is 4.79 Å². The number of aromatic amines is 1. The standard InChI is InChI=1S/C31H33N3O4/c1-6-18(2)28(30(35)33-25-16-15-20(37-4)17-26(25)38-5)34-29(21-11-7-8-12-22(21)31(34)36)27-19(3)32-24-14-10-9-13-23(24)27/h7-18,28-29,32H,6H2,1-5H3,(H,33,35). The Kier molecular flexibility index (Phi) is 6.85. The van der Waals surface area contributed by atoms with Gasteiger partial charge in [-0.15, -0.1) is 0 Å². The second kappa shape index (κ2) is 10.2. The average Bonchev–Trinajstić information content (AvgIpc) is 3.41. The molecule has 7 heteroatoms. The largest absolute Gasteiger partial charge is 0.497 e. The van der Waals surface area contributed by atoms with Crippen LogP contribution in [0.25, 0.3) is 10.9 Å². The summed E-state index contributed by atoms with van der Waals surface area (Å²) in [6.07, 6.45) is 0.720. The Bertz CT molecular complexity index is 1510. The third-order valence-corrected chi connectivity index (χ3v) is 7.63. The number of aryl methyl sites for hydroxylation is 1. The van der Waals surface area contributed by atoms with Crippen LogP contribution in [0.5, 0.6) is 11.5 Å². The van der Waals surface area contributed by atoms with Crippen molar-refractivity contribution in [3.05, 3.63) is 89.1 Å². The number of amides is 2. The fourth-order valence-corrected chi connectivity index (χ4v) is 5.56. The van der Waals surface area contributed by atoms with Crippen molar-refractivity contribution in [1.82, 2.24) is 9.88 Å². The highest BCUT2D eigenvalue weighted by Crippen LogP contribution is 2.45. The minimum absolute atomic E-state index is 0.106. The number of para-hydroxylation sites is 1. The number of nitrogens with zero attached hydrogens (tertiary/aromatic N) is 1. The van der Waals surface area contributed by atoms with Gasteiger partial charge in [0.15, 0.2) is 0 Å². The van der Waals surface area contributed by atoms with Gasteiger partial charge in [-0.25, -0.2) is 0 Å². The molecule has 38 heavy (non-hydrogen) atoms. The lowest BCUT2D eigenvalue weighted by molar-refractivity contribution is -0.122. The summed E-state index contributed by atoms with van der Waals surface area (Å²) in [5.74, 6) is 0.605. The first kappa shape index (κ1) is 25.4. The van der Waals surface area contributed by atoms with Crippen LogP contribution < -0.4 is 14.8 Å². The molecule has 1 aromatic heterocycles. The molecule has 1 aliphatic heterocycles. The van der Waals surface area contributed by atoms with E-state index in [-0.39, 0.29) is 17.7 Å². The molecule has 3 unspecified atom stereocenters. The number of methoxy groups -OCH3 is 2. The first-order chi connectivity index (χ1) is 18.4. The van der Waals surface area contributed by atoms with Crippen molar-refractivity contribution in [3.63, 3.8) is 0 Å². The van der Waals surface area contributed by atoms with E-state index in [0.29, 0.717) is 22.7 Å². The van der Waals surface area contributed by atoms with Crippen molar-refractivity contribution in [2.75, 3.05) is 19.5 Å². The smallest absolute Gasteiger partial charge is 0.255 e. The first-order valence-corrected chi connectivity index (χ1v) is 12.9. The van der Waals surface area contributed by atoms with Crippen molar-refractivity contribution >= 4 is 28.4 Å². The Morgan fingerprint density at radius 1 is 1.05 bits per heavy atom. The van der Waals surface area contributed by atoms with Gasteiger partial charge in [0.05, 0.1) is 25.9 Å². The molecule has 2 N–H and O–H groups in total. The summed E-state index contributed by atoms with van der Waals surface area (Å²) in [5, 5.41) is 4.09. The molecule has 5 rings (SSSR count). The molecule has 3 aromatic carbocycles. The number of anilines is 1. The van der Waals surface area contributed by atoms with E-state index in [9.17, 15) is 9.59 Å². The van der Waals surface area contributed by atoms with Crippen LogP contribution in [0.3, 0.4) is 0 Å². The topological polar surface area (TPSA) is 83.7 Å². The first-order valence-electron chi connectivity index (χ1n) is 12.9. The lowest BCUT2D eigenvalue weighted by Gasteiger charge is -2.36. The van der Waals surface area contributed by atoms with Crippen molar-refractivity contribution in [2.45, 2.75) is 39.3 Å². The number of nitrogens with one attached hydrogen (secondary N) is 2. The maximum Gasteiger partial charge on any atom is 0.255 e. The number of benzene rings is 3. The Morgan fingerprint density at radius 3 is 2.53 bits per heavy atom. The number of hydrogen-bond acceptors (Lipinski definition) is 4. The maximum atomic E-state index is 14.1. The number of hydrogen-bond donors (Lipinski definition) is 2. The molecule has 3 atom stereocenters. The van der Waals surface area contributed by atoms with Crippen LogP contribution in [-0.4, -0.2) is 42.0 Å². The van der Waals surface area contributed by atoms with Crippen LogP contribution in [0.4, 0.5) is 5.69 Å². The van der Waals surface area contributed by atoms with Gasteiger partial charge in [-0.1, -0.05) is 56.7 Å². The molecular formula is C31H33N3O4. The van der Waals surface area contributed by atoms with Crippen LogP contribution >= 0.6 is 0 Å². The highest BCUT2D eigenvalue weighted by atomic mass is 16.5. The van der Waals surface area contributed by atoms with E-state index in [1.807, 2.05) is 63.2 Å². The van der Waals surface area contributed by atoms with Gasteiger partial charge in [0.25, 0.3) is 5.91 Å². The molecular weight excluding hydrogens is 478 g/mol. The average molecular weight is 512 g/mol. The number of aromatic nitrogens is 1. The molecule has 0 saturated carbocycles. The van der Waals surface area contributed by atoms with Crippen molar-refractivity contribution < 1.29 is 19.1 Å². The predicted octanol–water partition coefficient (Wildman–Crippen LogP) is 6.09. The van der Waals surface area contributed by atoms with Crippen LogP contribution in [0.15, 0.2) is 66.7 Å². The zero-order valence-corrected chi connectivity index (χ0v) is 22.4. The van der Waals surface area contributed by atoms with Crippen LogP contribution in [0, 0.1) is 12.8 Å². The molecule has 4 aromatic rings. The molecule has 1 aliphatic rings. The van der Waals surface area contributed by atoms with Gasteiger partial charge in [0.1, 0.15) is 17.5 Å². The van der Waals surface area contributed by atoms with Crippen molar-refractivity contribution in [1.29, 1.82) is 0 Å². The van der Waals surface area contributed by atoms with E-state index in [1.165, 1.54) is 0 Å². The van der Waals surface area contributed by atoms with Gasteiger partial charge in [0.2, 0.25) is 5.91 Å². The molecule has 2 amide bonds. The van der Waals surface area contributed by atoms with Gasteiger partial charge in [-0.2, -0.15) is 0 Å². The minimum atomic E-state index is -0.718. The van der Waals surface area contributed by atoms with Gasteiger partial charge >= 0.3 is 0 Å². The van der Waals surface area contributed by atoms with Gasteiger partial charge in [-0.3, -0.25) is 9.59 Å². The number of carbonyl (C=O) groups is 2. The number of H-pyrrole nitrogens is 1. The van der Waals surface area contributed by atoms with Gasteiger partial charge in [-0.05, 0) is 42.7 Å². The summed E-state index contributed by atoms with van der Waals surface area (Å²) in [5.41, 5.74) is 5.06. The lowest BCUT2D eigenvalue weighted by atomic mass is 9.91. The molecule has 2 heterocycles. The van der Waals surface area contributed by atoms with Crippen molar-refractivity contribution in [3.8, 4) is 11.5 Å². The molecule has 0 radical (unpaired) electrons. The Hall–Kier alpha value is -4.26. The van der Waals surface area contributed by atoms with E-state index in [0.717, 1.165) is 34.1 Å². The molecule has 7 nitrogen and oxygen atoms in total. The normalized spacial score (nSPS) is 16.3. The van der Waals surface area contributed by atoms with Crippen molar-refractivity contribution in [2.24, 2.45) is 5.92 Å². The SMILES string of the molecule is CCC(C)C(C(=O)Nc1ccc(OC)cc1OC)N1C(=O)c2ccccc2C1c1c(C)[nH]c2ccccc12. The lowest BCUT2D eigenvalue weighted by Crippen LogP contribution is -2.50. The van der Waals surface area contributed by atoms with E-state index in [1.54, 1.807) is 37.3 Å². The number of carbonyl (C=O) groups excluding carboxylic acids is 2. The fraction of sp³-hybridized carbons (Fsp3) is 0.290. The summed E-state index contributed by atoms with van der Waals surface area (Å²) in [6, 6.07) is 19.9. The summed E-state index contributed by atoms with van der Waals surface area (Å²) in [7, 11) is 3.13. The van der Waals surface area contributed by atoms with E-state index >= 15 is 0 Å². The predicted molar refractivity (Wildman–Crippen MR) is 149 cm³/mol. The number of ether oxygens (including phenoxy) is 2. The molecule has 0 aliphatic carbocycles. The molecule has 0 spiro atoms. The second-order valence-corrected chi connectivity index (χ2v) is 9.80. The Morgan fingerprint density at radius 2 is 1.79 bits per heavy atom. The van der Waals surface area contributed by atoms with Gasteiger partial charge < -0.3 is 24.7 Å². The van der Waals surface area contributed by atoms with E-state index in [4.69, 9.17) is 9.47 Å². The maximum absolute atomic E-state index is 14.1. The summed E-state index contributed by atoms with van der Waals surface area (Å²) in [6.45, 7) is 6.09. The summed E-state index contributed by atoms with van der Waals surface area (Å²) >= 11 is 0. The third-order valence-electron chi connectivity index (χ3n) is 7.63. The minimum Gasteiger partial charge on any atom is -0.497 e. The second-order valence-electron chi connectivity index (χ2n) is 9.80. The van der Waals surface area contributed by atoms with Crippen LogP contribution in [0.1, 0.15) is 53.5 Å². The van der Waals surface area contributed by atoms with Crippen LogP contribution in [0.2, 0.25) is 0 Å². The fourth-order valence-electron chi connectivity index (χ4n) is 5.56. The molecule has 0 bridgehead atoms. The quantitative estimate of drug-likeness (QED) is 0.300. The zero-order valence-electron chi connectivity index (χ0n) is 22.4. The highest BCUT2D eigenvalue weighted by Gasteiger charge is 2.46. The molecule has 0 saturated heterocycles. The van der Waals surface area contributed by atoms with E-state index in [2.05, 4.69) is 16.4 Å². The van der Waals surface area contributed by atoms with Gasteiger partial charge in [0, 0.05) is 33.8 Å². The summed E-state index contributed by atoms with van der Waals surface area (Å²) < 4.78 is 10.8. The zero-order chi connectivity index (χ0) is 27.0.